The normalized spacial score (nSPS) is 17.8. The van der Waals surface area contributed by atoms with Gasteiger partial charge < -0.3 is 14.7 Å². The predicted octanol–water partition coefficient (Wildman–Crippen LogP) is 1.33. The van der Waals surface area contributed by atoms with Gasteiger partial charge in [0.05, 0.1) is 4.90 Å². The van der Waals surface area contributed by atoms with E-state index >= 15 is 0 Å². The van der Waals surface area contributed by atoms with E-state index in [2.05, 4.69) is 5.92 Å². The van der Waals surface area contributed by atoms with E-state index in [-0.39, 0.29) is 36.7 Å². The Hall–Kier alpha value is -2.53. The second kappa shape index (κ2) is 7.38. The van der Waals surface area contributed by atoms with Gasteiger partial charge in [-0.3, -0.25) is 9.59 Å². The molecule has 0 aromatic heterocycles. The van der Waals surface area contributed by atoms with Crippen LogP contribution in [-0.4, -0.2) is 54.2 Å². The van der Waals surface area contributed by atoms with E-state index in [1.54, 1.807) is 6.92 Å². The lowest BCUT2D eigenvalue weighted by Gasteiger charge is -2.37. The second-order valence-electron chi connectivity index (χ2n) is 6.21. The Labute approximate surface area is 152 Å². The molecule has 1 saturated heterocycles. The van der Waals surface area contributed by atoms with Gasteiger partial charge in [0, 0.05) is 20.0 Å². The highest BCUT2D eigenvalue weighted by Gasteiger charge is 2.53. The average molecular weight is 379 g/mol. The van der Waals surface area contributed by atoms with E-state index in [9.17, 15) is 23.1 Å². The molecule has 8 heteroatoms. The van der Waals surface area contributed by atoms with Crippen LogP contribution in [0.4, 0.5) is 0 Å². The molecule has 2 rings (SSSR count). The maximum absolute atomic E-state index is 13.1. The molecule has 26 heavy (non-hydrogen) atoms. The van der Waals surface area contributed by atoms with Crippen molar-refractivity contribution in [3.8, 4) is 18.1 Å². The second-order valence-corrected chi connectivity index (χ2v) is 8.47. The third kappa shape index (κ3) is 3.53. The summed E-state index contributed by atoms with van der Waals surface area (Å²) in [6.45, 7) is 3.22. The Morgan fingerprint density at radius 2 is 1.81 bits per heavy atom. The molecule has 0 saturated carbocycles. The summed E-state index contributed by atoms with van der Waals surface area (Å²) in [6.07, 6.45) is 4.45. The van der Waals surface area contributed by atoms with Gasteiger partial charge in [-0.1, -0.05) is 5.92 Å². The van der Waals surface area contributed by atoms with Crippen LogP contribution in [0.5, 0.6) is 5.75 Å². The summed E-state index contributed by atoms with van der Waals surface area (Å²) in [7, 11) is -4.16. The van der Waals surface area contributed by atoms with Crippen molar-refractivity contribution in [1.82, 2.24) is 4.90 Å². The molecule has 1 atom stereocenters. The number of nitrogens with zero attached hydrogens (tertiary/aromatic N) is 1. The van der Waals surface area contributed by atoms with Crippen molar-refractivity contribution in [3.63, 3.8) is 0 Å². The molecule has 7 nitrogen and oxygen atoms in total. The number of likely N-dealkylation sites (tertiary alicyclic amines) is 1. The van der Waals surface area contributed by atoms with Crippen LogP contribution in [-0.2, 0) is 19.4 Å². The highest BCUT2D eigenvalue weighted by molar-refractivity contribution is 7.93. The minimum atomic E-state index is -4.16. The number of carboxylic acid groups (broad SMARTS) is 1. The third-order valence-corrected chi connectivity index (χ3v) is 7.11. The number of carbonyl (C=O) groups excluding carboxylic acids is 1. The van der Waals surface area contributed by atoms with Crippen LogP contribution >= 0.6 is 0 Å². The number of rotatable bonds is 5. The number of amides is 1. The number of carbonyl (C=O) groups is 2. The molecule has 1 unspecified atom stereocenters. The summed E-state index contributed by atoms with van der Waals surface area (Å²) in [6, 6.07) is 5.52. The number of benzene rings is 1. The summed E-state index contributed by atoms with van der Waals surface area (Å²) in [5.41, 5.74) is 0. The molecule has 1 N–H and O–H groups in total. The van der Waals surface area contributed by atoms with Crippen molar-refractivity contribution in [3.05, 3.63) is 24.3 Å². The fourth-order valence-corrected chi connectivity index (χ4v) is 4.84. The number of piperidine rings is 1. The number of terminal acetylenes is 1. The number of ether oxygens (including phenoxy) is 1. The van der Waals surface area contributed by atoms with Crippen molar-refractivity contribution in [2.24, 2.45) is 0 Å². The van der Waals surface area contributed by atoms with Gasteiger partial charge in [-0.2, -0.15) is 0 Å². The lowest BCUT2D eigenvalue weighted by Crippen LogP contribution is -2.55. The molecule has 1 aromatic carbocycles. The maximum Gasteiger partial charge on any atom is 0.325 e. The molecular formula is C18H21NO6S. The van der Waals surface area contributed by atoms with Crippen LogP contribution in [0.15, 0.2) is 29.2 Å². The van der Waals surface area contributed by atoms with E-state index in [4.69, 9.17) is 11.2 Å². The van der Waals surface area contributed by atoms with E-state index in [1.807, 2.05) is 0 Å². The Morgan fingerprint density at radius 3 is 2.23 bits per heavy atom. The minimum absolute atomic E-state index is 0.0851. The van der Waals surface area contributed by atoms with Crippen molar-refractivity contribution in [2.45, 2.75) is 42.4 Å². The Bertz CT molecular complexity index is 829. The lowest BCUT2D eigenvalue weighted by atomic mass is 9.96. The van der Waals surface area contributed by atoms with Crippen molar-refractivity contribution < 1.29 is 27.9 Å². The van der Waals surface area contributed by atoms with Gasteiger partial charge in [0.25, 0.3) is 0 Å². The van der Waals surface area contributed by atoms with E-state index in [0.717, 1.165) is 0 Å². The quantitative estimate of drug-likeness (QED) is 0.775. The molecule has 1 aliphatic heterocycles. The predicted molar refractivity (Wildman–Crippen MR) is 94.4 cm³/mol. The largest absolute Gasteiger partial charge is 0.480 e. The monoisotopic (exact) mass is 379 g/mol. The van der Waals surface area contributed by atoms with Gasteiger partial charge in [-0.05, 0) is 44.0 Å². The van der Waals surface area contributed by atoms with Crippen molar-refractivity contribution >= 4 is 21.7 Å². The van der Waals surface area contributed by atoms with Crippen LogP contribution in [0, 0.1) is 12.3 Å². The zero-order valence-electron chi connectivity index (χ0n) is 14.6. The molecule has 1 fully saturated rings. The minimum Gasteiger partial charge on any atom is -0.480 e. The van der Waals surface area contributed by atoms with Crippen LogP contribution < -0.4 is 4.74 Å². The maximum atomic E-state index is 13.1. The Kier molecular flexibility index (Phi) is 5.62. The highest BCUT2D eigenvalue weighted by Crippen LogP contribution is 2.36. The van der Waals surface area contributed by atoms with E-state index in [0.29, 0.717) is 5.75 Å². The smallest absolute Gasteiger partial charge is 0.325 e. The molecule has 0 aliphatic carbocycles. The number of hydrogen-bond acceptors (Lipinski definition) is 5. The molecule has 1 heterocycles. The Morgan fingerprint density at radius 1 is 1.27 bits per heavy atom. The number of sulfone groups is 1. The van der Waals surface area contributed by atoms with Gasteiger partial charge in [0.2, 0.25) is 5.91 Å². The Balaban J connectivity index is 2.33. The molecule has 1 amide bonds. The van der Waals surface area contributed by atoms with Crippen LogP contribution in [0.1, 0.15) is 26.7 Å². The molecule has 1 aliphatic rings. The van der Waals surface area contributed by atoms with Crippen LogP contribution in [0.3, 0.4) is 0 Å². The molecule has 0 spiro atoms. The standard InChI is InChI=1S/C18H21NO6S/c1-4-13(2)25-15-5-7-16(8-6-15)26(23,24)18(17(21)22)9-11-19(12-10-18)14(3)20/h1,5-8,13H,9-12H2,2-3H3,(H,21,22). The summed E-state index contributed by atoms with van der Waals surface area (Å²) in [5.74, 6) is 1.18. The average Bonchev–Trinajstić information content (AvgIpc) is 2.61. The number of carboxylic acids is 1. The van der Waals surface area contributed by atoms with Gasteiger partial charge in [0.15, 0.2) is 20.7 Å². The first kappa shape index (κ1) is 19.8. The van der Waals surface area contributed by atoms with E-state index < -0.39 is 26.7 Å². The first-order chi connectivity index (χ1) is 12.1. The van der Waals surface area contributed by atoms with Gasteiger partial charge in [0.1, 0.15) is 5.75 Å². The van der Waals surface area contributed by atoms with Gasteiger partial charge in [-0.15, -0.1) is 6.42 Å². The fourth-order valence-electron chi connectivity index (χ4n) is 2.94. The van der Waals surface area contributed by atoms with Crippen LogP contribution in [0.2, 0.25) is 0 Å². The molecule has 1 aromatic rings. The molecule has 0 bridgehead atoms. The molecular weight excluding hydrogens is 358 g/mol. The lowest BCUT2D eigenvalue weighted by molar-refractivity contribution is -0.143. The van der Waals surface area contributed by atoms with E-state index in [1.165, 1.54) is 36.1 Å². The summed E-state index contributed by atoms with van der Waals surface area (Å²) >= 11 is 0. The molecule has 140 valence electrons. The summed E-state index contributed by atoms with van der Waals surface area (Å²) in [4.78, 5) is 24.7. The first-order valence-corrected chi connectivity index (χ1v) is 9.59. The summed E-state index contributed by atoms with van der Waals surface area (Å²) in [5, 5.41) is 9.69. The zero-order valence-corrected chi connectivity index (χ0v) is 15.5. The number of aliphatic carboxylic acids is 1. The van der Waals surface area contributed by atoms with Gasteiger partial charge in [-0.25, -0.2) is 8.42 Å². The molecule has 0 radical (unpaired) electrons. The third-order valence-electron chi connectivity index (χ3n) is 4.60. The fraction of sp³-hybridized carbons (Fsp3) is 0.444. The highest BCUT2D eigenvalue weighted by atomic mass is 32.2. The SMILES string of the molecule is C#CC(C)Oc1ccc(S(=O)(=O)C2(C(=O)O)CCN(C(C)=O)CC2)cc1. The van der Waals surface area contributed by atoms with Crippen molar-refractivity contribution in [1.29, 1.82) is 0 Å². The van der Waals surface area contributed by atoms with Gasteiger partial charge >= 0.3 is 5.97 Å². The summed E-state index contributed by atoms with van der Waals surface area (Å²) < 4.78 is 29.6. The van der Waals surface area contributed by atoms with Crippen molar-refractivity contribution in [2.75, 3.05) is 13.1 Å². The van der Waals surface area contributed by atoms with Crippen LogP contribution in [0.25, 0.3) is 0 Å². The first-order valence-electron chi connectivity index (χ1n) is 8.10. The topological polar surface area (TPSA) is 101 Å². The number of hydrogen-bond donors (Lipinski definition) is 1. The zero-order chi connectivity index (χ0) is 19.5.